The first kappa shape index (κ1) is 20.7. The predicted octanol–water partition coefficient (Wildman–Crippen LogP) is 10.1. The summed E-state index contributed by atoms with van der Waals surface area (Å²) in [5, 5.41) is 7.70. The zero-order chi connectivity index (χ0) is 23.9. The van der Waals surface area contributed by atoms with Crippen LogP contribution in [-0.4, -0.2) is 0 Å². The second-order valence-electron chi connectivity index (χ2n) is 9.38. The van der Waals surface area contributed by atoms with E-state index in [2.05, 4.69) is 146 Å². The summed E-state index contributed by atoms with van der Waals surface area (Å²) in [6.07, 6.45) is 0. The van der Waals surface area contributed by atoms with Gasteiger partial charge in [0.15, 0.2) is 0 Å². The Bertz CT molecular complexity index is 1860. The van der Waals surface area contributed by atoms with Crippen LogP contribution in [0.3, 0.4) is 0 Å². The van der Waals surface area contributed by atoms with Crippen LogP contribution in [0, 0.1) is 0 Å². The Labute approximate surface area is 211 Å². The second-order valence-corrected chi connectivity index (χ2v) is 9.38. The molecule has 0 N–H and O–H groups in total. The molecule has 0 fully saturated rings. The molecule has 0 aromatic heterocycles. The third-order valence-corrected chi connectivity index (χ3v) is 7.26. The molecule has 0 saturated carbocycles. The van der Waals surface area contributed by atoms with Gasteiger partial charge >= 0.3 is 0 Å². The first-order valence-electron chi connectivity index (χ1n) is 12.4. The second kappa shape index (κ2) is 8.52. The molecule has 168 valence electrons. The summed E-state index contributed by atoms with van der Waals surface area (Å²) in [6, 6.07) is 52.8. The number of fused-ring (bicyclic) bond motifs is 4. The first-order chi connectivity index (χ1) is 17.8. The van der Waals surface area contributed by atoms with Gasteiger partial charge in [-0.2, -0.15) is 0 Å². The van der Waals surface area contributed by atoms with Crippen molar-refractivity contribution in [3.8, 4) is 33.4 Å². The van der Waals surface area contributed by atoms with Crippen LogP contribution >= 0.6 is 0 Å². The summed E-state index contributed by atoms with van der Waals surface area (Å²) in [4.78, 5) is 0. The lowest BCUT2D eigenvalue weighted by Gasteiger charge is -2.13. The van der Waals surface area contributed by atoms with Crippen molar-refractivity contribution in [3.63, 3.8) is 0 Å². The van der Waals surface area contributed by atoms with Gasteiger partial charge in [0.1, 0.15) is 0 Å². The fraction of sp³-hybridized carbons (Fsp3) is 0. The number of hydrogen-bond acceptors (Lipinski definition) is 0. The highest BCUT2D eigenvalue weighted by Crippen LogP contribution is 2.37. The number of hydrogen-bond donors (Lipinski definition) is 0. The molecule has 0 atom stereocenters. The maximum Gasteiger partial charge on any atom is -0.00992 e. The van der Waals surface area contributed by atoms with Gasteiger partial charge in [0, 0.05) is 0 Å². The van der Waals surface area contributed by atoms with E-state index in [1.165, 1.54) is 65.7 Å². The van der Waals surface area contributed by atoms with Crippen LogP contribution < -0.4 is 0 Å². The van der Waals surface area contributed by atoms with Gasteiger partial charge in [-0.05, 0) is 77.8 Å². The minimum Gasteiger partial charge on any atom is -0.0622 e. The van der Waals surface area contributed by atoms with Crippen molar-refractivity contribution in [2.45, 2.75) is 0 Å². The Balaban J connectivity index is 1.36. The zero-order valence-electron chi connectivity index (χ0n) is 19.9. The van der Waals surface area contributed by atoms with Gasteiger partial charge in [-0.15, -0.1) is 0 Å². The van der Waals surface area contributed by atoms with Crippen molar-refractivity contribution < 1.29 is 0 Å². The van der Waals surface area contributed by atoms with Crippen molar-refractivity contribution in [3.05, 3.63) is 146 Å². The topological polar surface area (TPSA) is 0 Å². The molecule has 0 spiro atoms. The summed E-state index contributed by atoms with van der Waals surface area (Å²) in [5.41, 5.74) is 7.55. The Morgan fingerprint density at radius 2 is 0.722 bits per heavy atom. The highest BCUT2D eigenvalue weighted by atomic mass is 14.1. The third-order valence-electron chi connectivity index (χ3n) is 7.26. The molecule has 7 aromatic rings. The molecular formula is C36H24. The number of rotatable bonds is 3. The first-order valence-corrected chi connectivity index (χ1v) is 12.4. The van der Waals surface area contributed by atoms with E-state index in [1.807, 2.05) is 0 Å². The largest absolute Gasteiger partial charge is 0.0622 e. The fourth-order valence-electron chi connectivity index (χ4n) is 5.47. The molecule has 0 radical (unpaired) electrons. The average Bonchev–Trinajstić information content (AvgIpc) is 2.97. The van der Waals surface area contributed by atoms with Crippen molar-refractivity contribution in [1.29, 1.82) is 0 Å². The van der Waals surface area contributed by atoms with E-state index in [0.717, 1.165) is 0 Å². The molecule has 0 amide bonds. The van der Waals surface area contributed by atoms with Gasteiger partial charge in [0.05, 0.1) is 0 Å². The monoisotopic (exact) mass is 456 g/mol. The average molecular weight is 457 g/mol. The molecule has 7 rings (SSSR count). The van der Waals surface area contributed by atoms with Crippen LogP contribution in [0.25, 0.3) is 65.7 Å². The molecule has 0 heterocycles. The lowest BCUT2D eigenvalue weighted by atomic mass is 9.90. The Hall–Kier alpha value is -4.68. The fourth-order valence-corrected chi connectivity index (χ4v) is 5.47. The zero-order valence-corrected chi connectivity index (χ0v) is 19.9. The SMILES string of the molecule is c1ccc(-c2ccc3c(ccc4cc(-c5ccc(-c6ccccc6)c6ccccc56)ccc43)c2)cc1. The molecule has 0 saturated heterocycles. The van der Waals surface area contributed by atoms with Gasteiger partial charge < -0.3 is 0 Å². The van der Waals surface area contributed by atoms with Gasteiger partial charge in [0.25, 0.3) is 0 Å². The van der Waals surface area contributed by atoms with Gasteiger partial charge in [-0.3, -0.25) is 0 Å². The van der Waals surface area contributed by atoms with E-state index < -0.39 is 0 Å². The molecule has 0 bridgehead atoms. The highest BCUT2D eigenvalue weighted by Gasteiger charge is 2.11. The molecule has 0 heteroatoms. The molecule has 0 unspecified atom stereocenters. The molecule has 0 nitrogen and oxygen atoms in total. The van der Waals surface area contributed by atoms with Crippen LogP contribution in [0.15, 0.2) is 146 Å². The molecule has 36 heavy (non-hydrogen) atoms. The lowest BCUT2D eigenvalue weighted by molar-refractivity contribution is 1.63. The Morgan fingerprint density at radius 1 is 0.250 bits per heavy atom. The molecular weight excluding hydrogens is 432 g/mol. The lowest BCUT2D eigenvalue weighted by Crippen LogP contribution is -1.87. The van der Waals surface area contributed by atoms with Crippen LogP contribution in [0.2, 0.25) is 0 Å². The minimum absolute atomic E-state index is 1.25. The summed E-state index contributed by atoms with van der Waals surface area (Å²) in [6.45, 7) is 0. The van der Waals surface area contributed by atoms with Crippen molar-refractivity contribution in [1.82, 2.24) is 0 Å². The van der Waals surface area contributed by atoms with Gasteiger partial charge in [-0.25, -0.2) is 0 Å². The van der Waals surface area contributed by atoms with Crippen molar-refractivity contribution in [2.75, 3.05) is 0 Å². The van der Waals surface area contributed by atoms with Crippen molar-refractivity contribution >= 4 is 32.3 Å². The quantitative estimate of drug-likeness (QED) is 0.232. The summed E-state index contributed by atoms with van der Waals surface area (Å²) in [7, 11) is 0. The van der Waals surface area contributed by atoms with Crippen LogP contribution in [0.5, 0.6) is 0 Å². The van der Waals surface area contributed by atoms with E-state index in [4.69, 9.17) is 0 Å². The van der Waals surface area contributed by atoms with E-state index in [-0.39, 0.29) is 0 Å². The summed E-state index contributed by atoms with van der Waals surface area (Å²) in [5.74, 6) is 0. The summed E-state index contributed by atoms with van der Waals surface area (Å²) < 4.78 is 0. The standard InChI is InChI=1S/C36H24/c1-3-9-25(10-4-1)27-17-19-32-28(23-27)15-16-29-24-30(18-20-33(29)32)34-22-21-31(26-11-5-2-6-12-26)35-13-7-8-14-36(34)35/h1-24H. The van der Waals surface area contributed by atoms with Crippen molar-refractivity contribution in [2.24, 2.45) is 0 Å². The van der Waals surface area contributed by atoms with Crippen LogP contribution in [-0.2, 0) is 0 Å². The predicted molar refractivity (Wildman–Crippen MR) is 155 cm³/mol. The molecule has 0 aliphatic heterocycles. The van der Waals surface area contributed by atoms with Gasteiger partial charge in [0.2, 0.25) is 0 Å². The van der Waals surface area contributed by atoms with Crippen LogP contribution in [0.1, 0.15) is 0 Å². The third kappa shape index (κ3) is 3.47. The highest BCUT2D eigenvalue weighted by molar-refractivity contribution is 6.11. The van der Waals surface area contributed by atoms with E-state index in [1.54, 1.807) is 0 Å². The van der Waals surface area contributed by atoms with Gasteiger partial charge in [-0.1, -0.05) is 133 Å². The van der Waals surface area contributed by atoms with E-state index >= 15 is 0 Å². The Morgan fingerprint density at radius 3 is 1.33 bits per heavy atom. The van der Waals surface area contributed by atoms with Crippen LogP contribution in [0.4, 0.5) is 0 Å². The normalized spacial score (nSPS) is 11.3. The number of benzene rings is 7. The maximum atomic E-state index is 2.34. The molecule has 0 aliphatic rings. The Kier molecular flexibility index (Phi) is 4.89. The smallest absolute Gasteiger partial charge is 0.00992 e. The van der Waals surface area contributed by atoms with E-state index in [0.29, 0.717) is 0 Å². The molecule has 7 aromatic carbocycles. The molecule has 0 aliphatic carbocycles. The maximum absolute atomic E-state index is 2.34. The summed E-state index contributed by atoms with van der Waals surface area (Å²) >= 11 is 0. The minimum atomic E-state index is 1.25. The van der Waals surface area contributed by atoms with E-state index in [9.17, 15) is 0 Å².